The van der Waals surface area contributed by atoms with Crippen LogP contribution in [-0.4, -0.2) is 58.9 Å². The highest BCUT2D eigenvalue weighted by molar-refractivity contribution is 6.33. The maximum atomic E-state index is 12.0. The highest BCUT2D eigenvalue weighted by atomic mass is 35.5. The molecule has 0 atom stereocenters. The van der Waals surface area contributed by atoms with Crippen molar-refractivity contribution in [1.29, 1.82) is 0 Å². The van der Waals surface area contributed by atoms with E-state index in [0.717, 1.165) is 43.1 Å². The molecule has 35 heavy (non-hydrogen) atoms. The van der Waals surface area contributed by atoms with Gasteiger partial charge in [-0.05, 0) is 37.1 Å². The molecule has 3 aliphatic rings. The molecule has 4 heterocycles. The molecule has 2 aliphatic heterocycles. The Morgan fingerprint density at radius 3 is 2.69 bits per heavy atom. The largest absolute Gasteiger partial charge is 0.378 e. The molecule has 6 rings (SSSR count). The van der Waals surface area contributed by atoms with Crippen LogP contribution in [0.3, 0.4) is 0 Å². The monoisotopic (exact) mass is 494 g/mol. The van der Waals surface area contributed by atoms with Gasteiger partial charge >= 0.3 is 6.03 Å². The van der Waals surface area contributed by atoms with Gasteiger partial charge in [0.25, 0.3) is 5.91 Å². The van der Waals surface area contributed by atoms with E-state index in [0.29, 0.717) is 41.3 Å². The van der Waals surface area contributed by atoms with E-state index in [4.69, 9.17) is 21.3 Å². The lowest BCUT2D eigenvalue weighted by Gasteiger charge is -2.29. The Kier molecular flexibility index (Phi) is 5.42. The number of halogens is 1. The molecule has 0 bridgehead atoms. The highest BCUT2D eigenvalue weighted by Gasteiger charge is 2.25. The maximum absolute atomic E-state index is 12.0. The van der Waals surface area contributed by atoms with Gasteiger partial charge in [-0.1, -0.05) is 11.6 Å². The van der Waals surface area contributed by atoms with Gasteiger partial charge in [-0.2, -0.15) is 9.61 Å². The zero-order chi connectivity index (χ0) is 23.9. The molecule has 3 aromatic rings. The number of hydrogen-bond donors (Lipinski definition) is 4. The summed E-state index contributed by atoms with van der Waals surface area (Å²) in [5, 5.41) is 16.5. The summed E-state index contributed by atoms with van der Waals surface area (Å²) in [7, 11) is 0. The number of amides is 3. The van der Waals surface area contributed by atoms with E-state index in [1.54, 1.807) is 16.8 Å². The van der Waals surface area contributed by atoms with Crippen molar-refractivity contribution in [2.24, 2.45) is 0 Å². The number of fused-ring (bicyclic) bond motifs is 1. The van der Waals surface area contributed by atoms with Crippen LogP contribution in [0.2, 0.25) is 5.02 Å². The normalized spacial score (nSPS) is 19.2. The molecule has 0 spiro atoms. The Morgan fingerprint density at radius 1 is 1.14 bits per heavy atom. The van der Waals surface area contributed by atoms with E-state index >= 15 is 0 Å². The molecule has 0 radical (unpaired) electrons. The van der Waals surface area contributed by atoms with Crippen molar-refractivity contribution in [3.8, 4) is 0 Å². The predicted octanol–water partition coefficient (Wildman–Crippen LogP) is 2.72. The lowest BCUT2D eigenvalue weighted by atomic mass is 10.2. The number of urea groups is 1. The number of morpholine rings is 1. The number of nitrogens with one attached hydrogen (secondary N) is 4. The molecular weight excluding hydrogens is 472 g/mol. The number of hydrogen-bond acceptors (Lipinski definition) is 8. The topological polar surface area (TPSA) is 125 Å². The second-order valence-electron chi connectivity index (χ2n) is 8.64. The van der Waals surface area contributed by atoms with Crippen LogP contribution in [0.4, 0.5) is 27.8 Å². The van der Waals surface area contributed by atoms with Crippen molar-refractivity contribution < 1.29 is 14.3 Å². The number of carbonyl (C=O) groups is 2. The Morgan fingerprint density at radius 2 is 1.97 bits per heavy atom. The molecular formula is C23H23ClN8O3. The summed E-state index contributed by atoms with van der Waals surface area (Å²) in [4.78, 5) is 30.5. The summed E-state index contributed by atoms with van der Waals surface area (Å²) in [5.74, 6) is 0.847. The Balaban J connectivity index is 1.34. The summed E-state index contributed by atoms with van der Waals surface area (Å²) in [6.07, 6.45) is 5.35. The molecule has 12 heteroatoms. The van der Waals surface area contributed by atoms with E-state index in [9.17, 15) is 9.59 Å². The SMILES string of the molecule is O=C1NC(=O)/C(=C/c2cnn3c(NC4CC4)cc(Nc4ccc(N5CCOCC5)cc4Cl)nc23)N1. The number of rotatable bonds is 6. The summed E-state index contributed by atoms with van der Waals surface area (Å²) < 4.78 is 7.12. The van der Waals surface area contributed by atoms with Gasteiger partial charge in [0.2, 0.25) is 0 Å². The molecule has 3 fully saturated rings. The van der Waals surface area contributed by atoms with Gasteiger partial charge in [-0.3, -0.25) is 10.1 Å². The summed E-state index contributed by atoms with van der Waals surface area (Å²) in [6, 6.07) is 7.61. The van der Waals surface area contributed by atoms with Gasteiger partial charge in [0, 0.05) is 36.4 Å². The lowest BCUT2D eigenvalue weighted by Crippen LogP contribution is -2.36. The van der Waals surface area contributed by atoms with Crippen molar-refractivity contribution in [2.45, 2.75) is 18.9 Å². The molecule has 11 nitrogen and oxygen atoms in total. The van der Waals surface area contributed by atoms with Crippen molar-refractivity contribution in [3.63, 3.8) is 0 Å². The minimum atomic E-state index is -0.556. The smallest absolute Gasteiger partial charge is 0.326 e. The van der Waals surface area contributed by atoms with E-state index in [2.05, 4.69) is 31.3 Å². The third-order valence-corrected chi connectivity index (χ3v) is 6.35. The van der Waals surface area contributed by atoms with E-state index in [-0.39, 0.29) is 5.70 Å². The number of benzene rings is 1. The first-order chi connectivity index (χ1) is 17.0. The van der Waals surface area contributed by atoms with Crippen LogP contribution >= 0.6 is 11.6 Å². The summed E-state index contributed by atoms with van der Waals surface area (Å²) in [5.41, 5.74) is 3.03. The van der Waals surface area contributed by atoms with Gasteiger partial charge < -0.3 is 25.6 Å². The second-order valence-corrected chi connectivity index (χ2v) is 9.04. The molecule has 1 aliphatic carbocycles. The average molecular weight is 495 g/mol. The first kappa shape index (κ1) is 21.7. The van der Waals surface area contributed by atoms with Crippen molar-refractivity contribution in [2.75, 3.05) is 41.8 Å². The van der Waals surface area contributed by atoms with Gasteiger partial charge in [0.05, 0.1) is 30.1 Å². The van der Waals surface area contributed by atoms with E-state index in [1.807, 2.05) is 24.3 Å². The van der Waals surface area contributed by atoms with Gasteiger partial charge in [-0.25, -0.2) is 9.78 Å². The summed E-state index contributed by atoms with van der Waals surface area (Å²) in [6.45, 7) is 3.06. The third-order valence-electron chi connectivity index (χ3n) is 6.04. The fourth-order valence-corrected chi connectivity index (χ4v) is 4.31. The summed E-state index contributed by atoms with van der Waals surface area (Å²) >= 11 is 6.63. The molecule has 1 aromatic carbocycles. The molecule has 3 amide bonds. The number of aromatic nitrogens is 3. The number of nitrogens with zero attached hydrogens (tertiary/aromatic N) is 4. The minimum absolute atomic E-state index is 0.142. The van der Waals surface area contributed by atoms with E-state index < -0.39 is 11.9 Å². The Hall–Kier alpha value is -3.83. The van der Waals surface area contributed by atoms with E-state index in [1.165, 1.54) is 0 Å². The number of anilines is 4. The van der Waals surface area contributed by atoms with Crippen LogP contribution in [0.1, 0.15) is 18.4 Å². The van der Waals surface area contributed by atoms with Gasteiger partial charge in [0.1, 0.15) is 17.3 Å². The van der Waals surface area contributed by atoms with Crippen LogP contribution in [0.5, 0.6) is 0 Å². The molecule has 0 unspecified atom stereocenters. The van der Waals surface area contributed by atoms with Crippen molar-refractivity contribution in [1.82, 2.24) is 25.2 Å². The molecule has 2 aromatic heterocycles. The Labute approximate surface area is 205 Å². The fourth-order valence-electron chi connectivity index (χ4n) is 4.08. The zero-order valence-electron chi connectivity index (χ0n) is 18.7. The van der Waals surface area contributed by atoms with Crippen LogP contribution in [0.15, 0.2) is 36.2 Å². The van der Waals surface area contributed by atoms with Crippen LogP contribution in [0.25, 0.3) is 11.7 Å². The quantitative estimate of drug-likeness (QED) is 0.304. The van der Waals surface area contributed by atoms with Gasteiger partial charge in [0.15, 0.2) is 5.65 Å². The zero-order valence-corrected chi connectivity index (χ0v) is 19.4. The van der Waals surface area contributed by atoms with Crippen LogP contribution in [0, 0.1) is 0 Å². The Bertz CT molecular complexity index is 1360. The van der Waals surface area contributed by atoms with Crippen molar-refractivity contribution in [3.05, 3.63) is 46.7 Å². The van der Waals surface area contributed by atoms with Crippen molar-refractivity contribution >= 4 is 58.3 Å². The minimum Gasteiger partial charge on any atom is -0.378 e. The number of ether oxygens (including phenoxy) is 1. The molecule has 2 saturated heterocycles. The fraction of sp³-hybridized carbons (Fsp3) is 0.304. The standard InChI is InChI=1S/C23H23ClN8O3/c24-16-10-15(31-5-7-35-8-6-31)3-4-17(16)27-19-11-20(26-14-1-2-14)32-21(29-19)13(12-25-32)9-18-22(33)30-23(34)28-18/h3-4,9-12,14,26H,1-2,5-8H2,(H,27,29)(H2,28,30,33,34)/b18-9-. The molecule has 1 saturated carbocycles. The third kappa shape index (κ3) is 4.47. The van der Waals surface area contributed by atoms with Gasteiger partial charge in [-0.15, -0.1) is 0 Å². The molecule has 4 N–H and O–H groups in total. The molecule has 180 valence electrons. The first-order valence-corrected chi connectivity index (χ1v) is 11.8. The average Bonchev–Trinajstić information content (AvgIpc) is 3.49. The predicted molar refractivity (Wildman–Crippen MR) is 132 cm³/mol. The number of imide groups is 1. The highest BCUT2D eigenvalue weighted by Crippen LogP contribution is 2.32. The van der Waals surface area contributed by atoms with Crippen LogP contribution in [-0.2, 0) is 9.53 Å². The lowest BCUT2D eigenvalue weighted by molar-refractivity contribution is -0.115. The maximum Gasteiger partial charge on any atom is 0.326 e. The first-order valence-electron chi connectivity index (χ1n) is 11.4. The number of carbonyl (C=O) groups excluding carboxylic acids is 2. The second kappa shape index (κ2) is 8.75. The van der Waals surface area contributed by atoms with Crippen LogP contribution < -0.4 is 26.2 Å².